The Morgan fingerprint density at radius 1 is 1.46 bits per heavy atom. The van der Waals surface area contributed by atoms with E-state index in [0.29, 0.717) is 11.8 Å². The van der Waals surface area contributed by atoms with Gasteiger partial charge in [-0.1, -0.05) is 26.0 Å². The summed E-state index contributed by atoms with van der Waals surface area (Å²) in [5.41, 5.74) is 1.12. The number of halogens is 3. The minimum Gasteiger partial charge on any atom is -0.333 e. The van der Waals surface area contributed by atoms with Crippen LogP contribution in [0.4, 0.5) is 18.0 Å². The predicted molar refractivity (Wildman–Crippen MR) is 81.8 cm³/mol. The molecule has 0 aliphatic heterocycles. The van der Waals surface area contributed by atoms with Crippen LogP contribution in [0, 0.1) is 17.3 Å². The van der Waals surface area contributed by atoms with Crippen molar-refractivity contribution < 1.29 is 18.0 Å². The van der Waals surface area contributed by atoms with Crippen LogP contribution >= 0.6 is 0 Å². The molecule has 0 radical (unpaired) electrons. The van der Waals surface area contributed by atoms with Crippen LogP contribution in [0.3, 0.4) is 0 Å². The highest BCUT2D eigenvalue weighted by molar-refractivity contribution is 5.74. The molecule has 1 aromatic heterocycles. The minimum absolute atomic E-state index is 0.0511. The van der Waals surface area contributed by atoms with Gasteiger partial charge in [0.05, 0.1) is 18.3 Å². The first-order valence-corrected chi connectivity index (χ1v) is 7.94. The molecule has 0 saturated heterocycles. The Morgan fingerprint density at radius 3 is 2.75 bits per heavy atom. The number of amides is 2. The lowest BCUT2D eigenvalue weighted by molar-refractivity contribution is -0.213. The van der Waals surface area contributed by atoms with Crippen LogP contribution in [0.1, 0.15) is 32.4 Å². The summed E-state index contributed by atoms with van der Waals surface area (Å²) in [5, 5.41) is 8.52. The number of carbonyl (C=O) groups excluding carboxylic acids is 1. The monoisotopic (exact) mass is 342 g/mol. The van der Waals surface area contributed by atoms with Gasteiger partial charge in [0, 0.05) is 6.20 Å². The second kappa shape index (κ2) is 5.53. The van der Waals surface area contributed by atoms with Crippen molar-refractivity contribution in [3.8, 4) is 0 Å². The van der Waals surface area contributed by atoms with Crippen LogP contribution in [0.2, 0.25) is 0 Å². The normalized spacial score (nSPS) is 28.2. The molecule has 5 nitrogen and oxygen atoms in total. The average Bonchev–Trinajstić information content (AvgIpc) is 2.95. The fraction of sp³-hybridized carbons (Fsp3) is 0.625. The third-order valence-electron chi connectivity index (χ3n) is 5.58. The van der Waals surface area contributed by atoms with E-state index in [9.17, 15) is 18.0 Å². The van der Waals surface area contributed by atoms with Gasteiger partial charge in [-0.25, -0.2) is 4.79 Å². The van der Waals surface area contributed by atoms with Gasteiger partial charge in [0.15, 0.2) is 0 Å². The second-order valence-corrected chi connectivity index (χ2v) is 7.20. The molecule has 2 amide bonds. The molecule has 132 valence electrons. The second-order valence-electron chi connectivity index (χ2n) is 7.20. The number of hydrogen-bond donors (Lipinski definition) is 2. The van der Waals surface area contributed by atoms with Gasteiger partial charge in [-0.3, -0.25) is 0 Å². The third-order valence-corrected chi connectivity index (χ3v) is 5.58. The highest BCUT2D eigenvalue weighted by Gasteiger charge is 2.54. The summed E-state index contributed by atoms with van der Waals surface area (Å²) in [6.07, 6.45) is -1.60. The van der Waals surface area contributed by atoms with Crippen molar-refractivity contribution >= 4 is 6.03 Å². The molecule has 3 fully saturated rings. The van der Waals surface area contributed by atoms with Crippen molar-refractivity contribution in [1.82, 2.24) is 20.4 Å². The van der Waals surface area contributed by atoms with E-state index in [0.717, 1.165) is 24.6 Å². The zero-order valence-corrected chi connectivity index (χ0v) is 13.7. The van der Waals surface area contributed by atoms with Gasteiger partial charge in [-0.05, 0) is 36.2 Å². The molecule has 0 spiro atoms. The van der Waals surface area contributed by atoms with Crippen molar-refractivity contribution in [3.05, 3.63) is 30.1 Å². The largest absolute Gasteiger partial charge is 0.504 e. The quantitative estimate of drug-likeness (QED) is 0.829. The SMILES string of the molecule is C=C1C(NC(=O)NCc2ccnn2C(F)(F)F)C[C@H]2C[C@@H]1C2(C)C. The minimum atomic E-state index is -4.60. The van der Waals surface area contributed by atoms with Crippen LogP contribution in [-0.4, -0.2) is 21.9 Å². The first kappa shape index (κ1) is 16.9. The summed E-state index contributed by atoms with van der Waals surface area (Å²) in [6, 6.07) is 0.620. The van der Waals surface area contributed by atoms with E-state index in [1.54, 1.807) is 0 Å². The van der Waals surface area contributed by atoms with Gasteiger partial charge in [-0.2, -0.15) is 9.78 Å². The van der Waals surface area contributed by atoms with E-state index in [-0.39, 0.29) is 28.4 Å². The fourth-order valence-corrected chi connectivity index (χ4v) is 3.95. The molecule has 3 aliphatic carbocycles. The van der Waals surface area contributed by atoms with Crippen molar-refractivity contribution in [2.75, 3.05) is 0 Å². The summed E-state index contributed by atoms with van der Waals surface area (Å²) in [6.45, 7) is 8.29. The van der Waals surface area contributed by atoms with E-state index in [1.165, 1.54) is 6.07 Å². The molecular formula is C16H21F3N4O. The van der Waals surface area contributed by atoms with Crippen LogP contribution in [0.5, 0.6) is 0 Å². The number of urea groups is 1. The summed E-state index contributed by atoms with van der Waals surface area (Å²) in [7, 11) is 0. The first-order chi connectivity index (χ1) is 11.1. The van der Waals surface area contributed by atoms with Crippen LogP contribution < -0.4 is 10.6 Å². The highest BCUT2D eigenvalue weighted by atomic mass is 19.4. The predicted octanol–water partition coefficient (Wildman–Crippen LogP) is 3.15. The van der Waals surface area contributed by atoms with Gasteiger partial charge in [0.1, 0.15) is 0 Å². The summed E-state index contributed by atoms with van der Waals surface area (Å²) >= 11 is 0. The molecule has 0 aromatic carbocycles. The van der Waals surface area contributed by atoms with E-state index >= 15 is 0 Å². The standard InChI is InChI=1S/C16H21F3N4O/c1-9-12-6-10(15(12,2)3)7-13(9)22-14(24)20-8-11-4-5-21-23(11)16(17,18)19/h4-5,10,12-13H,1,6-8H2,2-3H3,(H2,20,22,24)/t10-,12+,13?/m1/s1. The number of nitrogens with one attached hydrogen (secondary N) is 2. The lowest BCUT2D eigenvalue weighted by Gasteiger charge is -2.59. The Morgan fingerprint density at radius 2 is 2.17 bits per heavy atom. The number of fused-ring (bicyclic) bond motifs is 2. The van der Waals surface area contributed by atoms with Crippen molar-refractivity contribution in [2.45, 2.75) is 45.6 Å². The van der Waals surface area contributed by atoms with Crippen LogP contribution in [0.25, 0.3) is 0 Å². The Hall–Kier alpha value is -1.99. The summed E-state index contributed by atoms with van der Waals surface area (Å²) in [4.78, 5) is 12.0. The Kier molecular flexibility index (Phi) is 3.88. The van der Waals surface area contributed by atoms with E-state index in [4.69, 9.17) is 0 Å². The third kappa shape index (κ3) is 2.78. The molecule has 1 heterocycles. The molecule has 3 saturated carbocycles. The lowest BCUT2D eigenvalue weighted by Crippen LogP contribution is -2.58. The Labute approximate surface area is 138 Å². The molecule has 1 unspecified atom stereocenters. The van der Waals surface area contributed by atoms with Crippen LogP contribution in [0.15, 0.2) is 24.4 Å². The number of hydrogen-bond acceptors (Lipinski definition) is 2. The Bertz CT molecular complexity index is 665. The molecule has 2 N–H and O–H groups in total. The lowest BCUT2D eigenvalue weighted by atomic mass is 9.46. The number of carbonyl (C=O) groups is 1. The van der Waals surface area contributed by atoms with Crippen molar-refractivity contribution in [1.29, 1.82) is 0 Å². The number of nitrogens with zero attached hydrogens (tertiary/aromatic N) is 2. The molecule has 2 bridgehead atoms. The van der Waals surface area contributed by atoms with Gasteiger partial charge < -0.3 is 10.6 Å². The molecular weight excluding hydrogens is 321 g/mol. The molecule has 3 atom stereocenters. The van der Waals surface area contributed by atoms with E-state index in [2.05, 4.69) is 36.2 Å². The smallest absolute Gasteiger partial charge is 0.333 e. The topological polar surface area (TPSA) is 59.0 Å². The van der Waals surface area contributed by atoms with E-state index < -0.39 is 12.3 Å². The van der Waals surface area contributed by atoms with Crippen LogP contribution in [-0.2, 0) is 12.8 Å². The Balaban J connectivity index is 1.54. The molecule has 24 heavy (non-hydrogen) atoms. The molecule has 8 heteroatoms. The summed E-state index contributed by atoms with van der Waals surface area (Å²) in [5.74, 6) is 0.943. The van der Waals surface area contributed by atoms with Crippen molar-refractivity contribution in [2.24, 2.45) is 17.3 Å². The molecule has 1 aromatic rings. The van der Waals surface area contributed by atoms with Gasteiger partial charge in [0.2, 0.25) is 0 Å². The maximum atomic E-state index is 12.7. The summed E-state index contributed by atoms with van der Waals surface area (Å²) < 4.78 is 38.1. The van der Waals surface area contributed by atoms with Gasteiger partial charge in [-0.15, -0.1) is 13.2 Å². The maximum Gasteiger partial charge on any atom is 0.504 e. The molecule has 4 rings (SSSR count). The van der Waals surface area contributed by atoms with Gasteiger partial charge >= 0.3 is 12.3 Å². The van der Waals surface area contributed by atoms with Gasteiger partial charge in [0.25, 0.3) is 0 Å². The zero-order valence-electron chi connectivity index (χ0n) is 13.7. The highest BCUT2D eigenvalue weighted by Crippen LogP contribution is 2.60. The van der Waals surface area contributed by atoms with E-state index in [1.807, 2.05) is 0 Å². The fourth-order valence-electron chi connectivity index (χ4n) is 3.95. The number of rotatable bonds is 3. The first-order valence-electron chi connectivity index (χ1n) is 7.94. The number of aromatic nitrogens is 2. The zero-order chi connectivity index (χ0) is 17.7. The molecule has 3 aliphatic rings. The van der Waals surface area contributed by atoms with Crippen molar-refractivity contribution in [3.63, 3.8) is 0 Å². The number of alkyl halides is 3. The average molecular weight is 342 g/mol. The maximum absolute atomic E-state index is 12.7.